The third-order valence-electron chi connectivity index (χ3n) is 4.96. The second-order valence-corrected chi connectivity index (χ2v) is 6.76. The summed E-state index contributed by atoms with van der Waals surface area (Å²) in [5, 5.41) is 4.39. The molecule has 120 valence electrons. The van der Waals surface area contributed by atoms with Gasteiger partial charge in [-0.25, -0.2) is 5.43 Å². The highest BCUT2D eigenvalue weighted by Gasteiger charge is 2.43. The van der Waals surface area contributed by atoms with Gasteiger partial charge in [0.2, 0.25) is 5.91 Å². The van der Waals surface area contributed by atoms with Crippen LogP contribution in [0.1, 0.15) is 44.6 Å². The molecule has 1 saturated carbocycles. The summed E-state index contributed by atoms with van der Waals surface area (Å²) in [5.41, 5.74) is 7.35. The van der Waals surface area contributed by atoms with E-state index >= 15 is 0 Å². The number of nitrogens with zero attached hydrogens (tertiary/aromatic N) is 1. The quantitative estimate of drug-likeness (QED) is 0.657. The fourth-order valence-corrected chi connectivity index (χ4v) is 3.18. The zero-order valence-corrected chi connectivity index (χ0v) is 13.9. The fourth-order valence-electron chi connectivity index (χ4n) is 3.18. The molecule has 0 saturated heterocycles. The van der Waals surface area contributed by atoms with Gasteiger partial charge in [-0.2, -0.15) is 5.10 Å². The van der Waals surface area contributed by atoms with E-state index in [2.05, 4.69) is 49.2 Å². The Bertz CT molecular complexity index is 672. The van der Waals surface area contributed by atoms with Gasteiger partial charge in [0.05, 0.1) is 5.71 Å². The lowest BCUT2D eigenvalue weighted by Crippen LogP contribution is -2.24. The fraction of sp³-hybridized carbons (Fsp3) is 0.400. The lowest BCUT2D eigenvalue weighted by atomic mass is 9.85. The van der Waals surface area contributed by atoms with Crippen LogP contribution in [-0.2, 0) is 4.79 Å². The van der Waals surface area contributed by atoms with Gasteiger partial charge < -0.3 is 0 Å². The van der Waals surface area contributed by atoms with Crippen LogP contribution in [0.4, 0.5) is 0 Å². The van der Waals surface area contributed by atoms with Gasteiger partial charge in [-0.3, -0.25) is 4.79 Å². The molecule has 3 heteroatoms. The summed E-state index contributed by atoms with van der Waals surface area (Å²) in [7, 11) is 0. The van der Waals surface area contributed by atoms with Crippen molar-refractivity contribution in [1.29, 1.82) is 0 Å². The average molecular weight is 308 g/mol. The topological polar surface area (TPSA) is 41.5 Å². The third-order valence-corrected chi connectivity index (χ3v) is 4.96. The van der Waals surface area contributed by atoms with Crippen LogP contribution in [-0.4, -0.2) is 11.6 Å². The minimum Gasteiger partial charge on any atom is -0.273 e. The number of carbonyl (C=O) groups excluding carboxylic acids is 1. The number of hydrazone groups is 1. The second kappa shape index (κ2) is 6.53. The first kappa shape index (κ1) is 15.7. The number of carbonyl (C=O) groups is 1. The van der Waals surface area contributed by atoms with Crippen molar-refractivity contribution >= 4 is 11.6 Å². The summed E-state index contributed by atoms with van der Waals surface area (Å²) in [4.78, 5) is 12.3. The Morgan fingerprint density at radius 2 is 2.04 bits per heavy atom. The van der Waals surface area contributed by atoms with Crippen LogP contribution < -0.4 is 5.43 Å². The molecule has 0 spiro atoms. The van der Waals surface area contributed by atoms with E-state index in [1.807, 2.05) is 18.2 Å². The molecule has 0 unspecified atom stereocenters. The van der Waals surface area contributed by atoms with Crippen LogP contribution in [0.25, 0.3) is 0 Å². The van der Waals surface area contributed by atoms with Gasteiger partial charge in [0.1, 0.15) is 0 Å². The van der Waals surface area contributed by atoms with Crippen LogP contribution in [0, 0.1) is 11.8 Å². The Balaban J connectivity index is 1.60. The molecule has 0 heterocycles. The maximum Gasteiger partial charge on any atom is 0.243 e. The molecule has 1 aromatic rings. The van der Waals surface area contributed by atoms with Gasteiger partial charge >= 0.3 is 0 Å². The number of rotatable bonds is 4. The summed E-state index contributed by atoms with van der Waals surface area (Å²) < 4.78 is 0. The first-order valence-electron chi connectivity index (χ1n) is 8.30. The lowest BCUT2D eigenvalue weighted by molar-refractivity contribution is -0.122. The summed E-state index contributed by atoms with van der Waals surface area (Å²) in [6, 6.07) is 10.2. The SMILES string of the molecule is C=C(C)[C@@H]1CC=C(C)/C(=N\NC(=O)[C@H]2C[C@@H]2c2ccccc2)C1. The van der Waals surface area contributed by atoms with Crippen molar-refractivity contribution in [1.82, 2.24) is 5.43 Å². The molecule has 1 aromatic carbocycles. The van der Waals surface area contributed by atoms with Gasteiger partial charge in [-0.05, 0) is 56.1 Å². The Hall–Kier alpha value is -2.16. The Kier molecular flexibility index (Phi) is 4.46. The molecule has 3 nitrogen and oxygen atoms in total. The van der Waals surface area contributed by atoms with Crippen molar-refractivity contribution in [3.63, 3.8) is 0 Å². The maximum absolute atomic E-state index is 12.3. The summed E-state index contributed by atoms with van der Waals surface area (Å²) in [6.07, 6.45) is 5.00. The van der Waals surface area contributed by atoms with Crippen molar-refractivity contribution in [2.24, 2.45) is 16.9 Å². The molecule has 3 rings (SSSR count). The first-order chi connectivity index (χ1) is 11.1. The van der Waals surface area contributed by atoms with E-state index < -0.39 is 0 Å². The molecule has 23 heavy (non-hydrogen) atoms. The zero-order chi connectivity index (χ0) is 16.4. The third kappa shape index (κ3) is 3.61. The molecule has 1 amide bonds. The van der Waals surface area contributed by atoms with E-state index in [0.29, 0.717) is 11.8 Å². The average Bonchev–Trinajstić information content (AvgIpc) is 3.35. The molecule has 0 aromatic heterocycles. The van der Waals surface area contributed by atoms with Crippen molar-refractivity contribution in [3.8, 4) is 0 Å². The van der Waals surface area contributed by atoms with E-state index in [0.717, 1.165) is 25.0 Å². The first-order valence-corrected chi connectivity index (χ1v) is 8.30. The number of benzene rings is 1. The van der Waals surface area contributed by atoms with Crippen molar-refractivity contribution in [2.45, 2.75) is 39.0 Å². The van der Waals surface area contributed by atoms with E-state index in [4.69, 9.17) is 0 Å². The second-order valence-electron chi connectivity index (χ2n) is 6.76. The largest absolute Gasteiger partial charge is 0.273 e. The van der Waals surface area contributed by atoms with Gasteiger partial charge in [-0.1, -0.05) is 48.6 Å². The summed E-state index contributed by atoms with van der Waals surface area (Å²) >= 11 is 0. The van der Waals surface area contributed by atoms with Crippen LogP contribution in [0.15, 0.2) is 59.2 Å². The van der Waals surface area contributed by atoms with Crippen LogP contribution in [0.3, 0.4) is 0 Å². The van der Waals surface area contributed by atoms with Gasteiger partial charge in [0, 0.05) is 5.92 Å². The minimum atomic E-state index is 0.0385. The van der Waals surface area contributed by atoms with E-state index in [1.54, 1.807) is 0 Å². The van der Waals surface area contributed by atoms with Crippen molar-refractivity contribution in [2.75, 3.05) is 0 Å². The molecule has 2 aliphatic carbocycles. The normalized spacial score (nSPS) is 28.2. The maximum atomic E-state index is 12.3. The number of hydrogen-bond donors (Lipinski definition) is 1. The van der Waals surface area contributed by atoms with Gasteiger partial charge in [-0.15, -0.1) is 0 Å². The summed E-state index contributed by atoms with van der Waals surface area (Å²) in [5.74, 6) is 0.887. The van der Waals surface area contributed by atoms with E-state index in [-0.39, 0.29) is 11.8 Å². The predicted molar refractivity (Wildman–Crippen MR) is 94.2 cm³/mol. The van der Waals surface area contributed by atoms with Crippen LogP contribution >= 0.6 is 0 Å². The van der Waals surface area contributed by atoms with Crippen molar-refractivity contribution < 1.29 is 4.79 Å². The molecule has 1 N–H and O–H groups in total. The smallest absolute Gasteiger partial charge is 0.243 e. The molecule has 1 fully saturated rings. The van der Waals surface area contributed by atoms with Crippen molar-refractivity contribution in [3.05, 3.63) is 59.7 Å². The number of hydrogen-bond acceptors (Lipinski definition) is 2. The highest BCUT2D eigenvalue weighted by molar-refractivity contribution is 6.01. The van der Waals surface area contributed by atoms with Crippen LogP contribution in [0.5, 0.6) is 0 Å². The Morgan fingerprint density at radius 3 is 2.74 bits per heavy atom. The van der Waals surface area contributed by atoms with Crippen LogP contribution in [0.2, 0.25) is 0 Å². The molecule has 2 aliphatic rings. The monoisotopic (exact) mass is 308 g/mol. The number of nitrogens with one attached hydrogen (secondary N) is 1. The Morgan fingerprint density at radius 1 is 1.30 bits per heavy atom. The number of amides is 1. The highest BCUT2D eigenvalue weighted by atomic mass is 16.2. The summed E-state index contributed by atoms with van der Waals surface area (Å²) in [6.45, 7) is 8.16. The van der Waals surface area contributed by atoms with Gasteiger partial charge in [0.15, 0.2) is 0 Å². The molecular weight excluding hydrogens is 284 g/mol. The van der Waals surface area contributed by atoms with E-state index in [1.165, 1.54) is 16.7 Å². The van der Waals surface area contributed by atoms with Gasteiger partial charge in [0.25, 0.3) is 0 Å². The number of allylic oxidation sites excluding steroid dienone is 3. The molecule has 0 bridgehead atoms. The lowest BCUT2D eigenvalue weighted by Gasteiger charge is -2.22. The van der Waals surface area contributed by atoms with E-state index in [9.17, 15) is 4.79 Å². The zero-order valence-electron chi connectivity index (χ0n) is 13.9. The Labute approximate surface area is 138 Å². The molecular formula is C20H24N2O. The standard InChI is InChI=1S/C20H24N2O/c1-13(2)16-10-9-14(3)19(11-16)21-22-20(23)18-12-17(18)15-7-5-4-6-8-15/h4-9,16-18H,1,10-12H2,2-3H3,(H,22,23)/b21-19-/t16-,17-,18+/m1/s1. The predicted octanol–water partition coefficient (Wildman–Crippen LogP) is 4.19. The highest BCUT2D eigenvalue weighted by Crippen LogP contribution is 2.47. The minimum absolute atomic E-state index is 0.0385. The molecule has 0 radical (unpaired) electrons. The molecule has 0 aliphatic heterocycles. The molecule has 3 atom stereocenters.